The van der Waals surface area contributed by atoms with Crippen LogP contribution in [0.4, 0.5) is 0 Å². The molecule has 1 saturated heterocycles. The van der Waals surface area contributed by atoms with Gasteiger partial charge in [0.15, 0.2) is 0 Å². The van der Waals surface area contributed by atoms with E-state index in [0.717, 1.165) is 6.54 Å². The first-order valence-electron chi connectivity index (χ1n) is 7.30. The maximum Gasteiger partial charge on any atom is 0.0349 e. The summed E-state index contributed by atoms with van der Waals surface area (Å²) in [4.78, 5) is 3.98. The summed E-state index contributed by atoms with van der Waals surface area (Å²) < 4.78 is 1.38. The summed E-state index contributed by atoms with van der Waals surface area (Å²) in [7, 11) is 0. The zero-order valence-corrected chi connectivity index (χ0v) is 12.2. The van der Waals surface area contributed by atoms with Crippen molar-refractivity contribution in [3.63, 3.8) is 0 Å². The van der Waals surface area contributed by atoms with Crippen molar-refractivity contribution in [3.8, 4) is 0 Å². The van der Waals surface area contributed by atoms with E-state index in [1.807, 2.05) is 11.3 Å². The number of rotatable bonds is 3. The molecule has 0 aliphatic carbocycles. The van der Waals surface area contributed by atoms with Gasteiger partial charge in [0.2, 0.25) is 0 Å². The molecule has 0 radical (unpaired) electrons. The standard InChI is InChI=1S/C16H22N2S/c17-11-16-14(12-18-9-5-1-2-6-10-18)13-7-3-4-8-15(13)19-16/h3-4,7-8H,1-2,5-6,9-12,17H2. The molecule has 3 heteroatoms. The molecular weight excluding hydrogens is 252 g/mol. The van der Waals surface area contributed by atoms with E-state index in [-0.39, 0.29) is 0 Å². The van der Waals surface area contributed by atoms with Crippen molar-refractivity contribution >= 4 is 21.4 Å². The Bertz CT molecular complexity index is 539. The van der Waals surface area contributed by atoms with E-state index >= 15 is 0 Å². The van der Waals surface area contributed by atoms with Crippen LogP contribution in [0.1, 0.15) is 36.1 Å². The number of nitrogens with zero attached hydrogens (tertiary/aromatic N) is 1. The van der Waals surface area contributed by atoms with Crippen molar-refractivity contribution in [2.75, 3.05) is 13.1 Å². The fourth-order valence-corrected chi connectivity index (χ4v) is 4.10. The Morgan fingerprint density at radius 1 is 1.05 bits per heavy atom. The van der Waals surface area contributed by atoms with Gasteiger partial charge in [0.05, 0.1) is 0 Å². The molecule has 1 aliphatic heterocycles. The van der Waals surface area contributed by atoms with Gasteiger partial charge in [-0.3, -0.25) is 4.90 Å². The second-order valence-electron chi connectivity index (χ2n) is 5.39. The molecule has 102 valence electrons. The average molecular weight is 274 g/mol. The number of likely N-dealkylation sites (tertiary alicyclic amines) is 1. The molecule has 0 bridgehead atoms. The molecule has 19 heavy (non-hydrogen) atoms. The third kappa shape index (κ3) is 2.83. The van der Waals surface area contributed by atoms with Crippen LogP contribution in [0.15, 0.2) is 24.3 Å². The lowest BCUT2D eigenvalue weighted by Gasteiger charge is -2.20. The molecule has 0 atom stereocenters. The minimum atomic E-state index is 0.669. The number of fused-ring (bicyclic) bond motifs is 1. The average Bonchev–Trinajstić information content (AvgIpc) is 2.62. The second-order valence-corrected chi connectivity index (χ2v) is 6.53. The molecule has 3 rings (SSSR count). The molecule has 1 aromatic heterocycles. The van der Waals surface area contributed by atoms with Crippen LogP contribution in [-0.2, 0) is 13.1 Å². The summed E-state index contributed by atoms with van der Waals surface area (Å²) in [5, 5.41) is 1.41. The molecular formula is C16H22N2S. The fraction of sp³-hybridized carbons (Fsp3) is 0.500. The predicted molar refractivity (Wildman–Crippen MR) is 83.5 cm³/mol. The first-order valence-corrected chi connectivity index (χ1v) is 8.12. The van der Waals surface area contributed by atoms with Crippen LogP contribution in [0.3, 0.4) is 0 Å². The molecule has 0 amide bonds. The highest BCUT2D eigenvalue weighted by atomic mass is 32.1. The number of hydrogen-bond acceptors (Lipinski definition) is 3. The maximum atomic E-state index is 5.94. The minimum absolute atomic E-state index is 0.669. The molecule has 0 saturated carbocycles. The molecule has 2 nitrogen and oxygen atoms in total. The summed E-state index contributed by atoms with van der Waals surface area (Å²) in [6.07, 6.45) is 5.48. The summed E-state index contributed by atoms with van der Waals surface area (Å²) in [6, 6.07) is 8.72. The molecule has 2 aromatic rings. The second kappa shape index (κ2) is 6.04. The molecule has 1 aromatic carbocycles. The van der Waals surface area contributed by atoms with Crippen molar-refractivity contribution in [2.45, 2.75) is 38.8 Å². The molecule has 1 fully saturated rings. The Morgan fingerprint density at radius 2 is 1.79 bits per heavy atom. The van der Waals surface area contributed by atoms with Crippen molar-refractivity contribution in [3.05, 3.63) is 34.7 Å². The smallest absolute Gasteiger partial charge is 0.0349 e. The fourth-order valence-electron chi connectivity index (χ4n) is 3.01. The summed E-state index contributed by atoms with van der Waals surface area (Å²) in [6.45, 7) is 4.24. The van der Waals surface area contributed by atoms with E-state index in [1.54, 1.807) is 0 Å². The van der Waals surface area contributed by atoms with Crippen LogP contribution < -0.4 is 5.73 Å². The highest BCUT2D eigenvalue weighted by Gasteiger charge is 2.15. The summed E-state index contributed by atoms with van der Waals surface area (Å²) in [5.41, 5.74) is 7.42. The molecule has 1 aliphatic rings. The van der Waals surface area contributed by atoms with Gasteiger partial charge in [-0.05, 0) is 42.9 Å². The predicted octanol–water partition coefficient (Wildman–Crippen LogP) is 3.74. The Labute approximate surface area is 119 Å². The van der Waals surface area contributed by atoms with Gasteiger partial charge < -0.3 is 5.73 Å². The number of benzene rings is 1. The summed E-state index contributed by atoms with van der Waals surface area (Å²) >= 11 is 1.87. The zero-order chi connectivity index (χ0) is 13.1. The molecule has 2 heterocycles. The molecule has 0 spiro atoms. The lowest BCUT2D eigenvalue weighted by Crippen LogP contribution is -2.24. The molecule has 2 N–H and O–H groups in total. The Balaban J connectivity index is 1.89. The van der Waals surface area contributed by atoms with Crippen molar-refractivity contribution in [1.29, 1.82) is 0 Å². The maximum absolute atomic E-state index is 5.94. The monoisotopic (exact) mass is 274 g/mol. The SMILES string of the molecule is NCc1sc2ccccc2c1CN1CCCCCC1. The van der Waals surface area contributed by atoms with Crippen molar-refractivity contribution < 1.29 is 0 Å². The van der Waals surface area contributed by atoms with Crippen LogP contribution in [0, 0.1) is 0 Å². The highest BCUT2D eigenvalue weighted by molar-refractivity contribution is 7.19. The van der Waals surface area contributed by atoms with Crippen molar-refractivity contribution in [2.24, 2.45) is 5.73 Å². The van der Waals surface area contributed by atoms with E-state index < -0.39 is 0 Å². The van der Waals surface area contributed by atoms with Gasteiger partial charge in [-0.15, -0.1) is 11.3 Å². The Hall–Kier alpha value is -0.900. The van der Waals surface area contributed by atoms with Gasteiger partial charge >= 0.3 is 0 Å². The van der Waals surface area contributed by atoms with Crippen LogP contribution in [0.2, 0.25) is 0 Å². The van der Waals surface area contributed by atoms with E-state index in [4.69, 9.17) is 5.73 Å². The van der Waals surface area contributed by atoms with E-state index in [1.165, 1.54) is 59.3 Å². The van der Waals surface area contributed by atoms with Gasteiger partial charge in [-0.1, -0.05) is 31.0 Å². The number of thiophene rings is 1. The van der Waals surface area contributed by atoms with Crippen molar-refractivity contribution in [1.82, 2.24) is 4.90 Å². The van der Waals surface area contributed by atoms with Gasteiger partial charge in [-0.25, -0.2) is 0 Å². The Kier molecular flexibility index (Phi) is 4.16. The van der Waals surface area contributed by atoms with Gasteiger partial charge in [0.1, 0.15) is 0 Å². The topological polar surface area (TPSA) is 29.3 Å². The normalized spacial score (nSPS) is 17.7. The number of nitrogens with two attached hydrogens (primary N) is 1. The van der Waals surface area contributed by atoms with E-state index in [9.17, 15) is 0 Å². The quantitative estimate of drug-likeness (QED) is 0.924. The first-order chi connectivity index (χ1) is 9.38. The first kappa shape index (κ1) is 13.1. The van der Waals surface area contributed by atoms with Crippen LogP contribution in [-0.4, -0.2) is 18.0 Å². The summed E-state index contributed by atoms with van der Waals surface area (Å²) in [5.74, 6) is 0. The molecule has 0 unspecified atom stereocenters. The van der Waals surface area contributed by atoms with Crippen LogP contribution in [0.25, 0.3) is 10.1 Å². The van der Waals surface area contributed by atoms with E-state index in [2.05, 4.69) is 29.2 Å². The lowest BCUT2D eigenvalue weighted by molar-refractivity contribution is 0.277. The lowest BCUT2D eigenvalue weighted by atomic mass is 10.1. The van der Waals surface area contributed by atoms with Gasteiger partial charge in [-0.2, -0.15) is 0 Å². The van der Waals surface area contributed by atoms with Crippen LogP contribution in [0.5, 0.6) is 0 Å². The minimum Gasteiger partial charge on any atom is -0.326 e. The Morgan fingerprint density at radius 3 is 2.53 bits per heavy atom. The highest BCUT2D eigenvalue weighted by Crippen LogP contribution is 2.32. The van der Waals surface area contributed by atoms with Crippen LogP contribution >= 0.6 is 11.3 Å². The number of hydrogen-bond donors (Lipinski definition) is 1. The van der Waals surface area contributed by atoms with Gasteiger partial charge in [0, 0.05) is 22.7 Å². The zero-order valence-electron chi connectivity index (χ0n) is 11.4. The van der Waals surface area contributed by atoms with E-state index in [0.29, 0.717) is 6.54 Å². The third-order valence-electron chi connectivity index (χ3n) is 4.05. The van der Waals surface area contributed by atoms with Gasteiger partial charge in [0.25, 0.3) is 0 Å². The largest absolute Gasteiger partial charge is 0.326 e. The third-order valence-corrected chi connectivity index (χ3v) is 5.28.